The van der Waals surface area contributed by atoms with Gasteiger partial charge < -0.3 is 10.6 Å². The molecule has 5 heteroatoms. The number of halogens is 3. The Hall–Kier alpha value is -1.09. The Kier molecular flexibility index (Phi) is 4.81. The number of anilines is 2. The summed E-state index contributed by atoms with van der Waals surface area (Å²) in [4.78, 5) is 0. The van der Waals surface area contributed by atoms with Crippen molar-refractivity contribution in [1.29, 1.82) is 0 Å². The van der Waals surface area contributed by atoms with Gasteiger partial charge in [-0.25, -0.2) is 0 Å². The molecule has 0 saturated carbocycles. The molecule has 0 radical (unpaired) electrons. The molecule has 19 heavy (non-hydrogen) atoms. The van der Waals surface area contributed by atoms with Gasteiger partial charge in [-0.1, -0.05) is 71.2 Å². The van der Waals surface area contributed by atoms with E-state index in [0.717, 1.165) is 11.4 Å². The van der Waals surface area contributed by atoms with Gasteiger partial charge in [0.2, 0.25) is 3.79 Å². The van der Waals surface area contributed by atoms with Gasteiger partial charge >= 0.3 is 0 Å². The molecule has 2 aromatic rings. The van der Waals surface area contributed by atoms with Crippen LogP contribution in [0.3, 0.4) is 0 Å². The topological polar surface area (TPSA) is 24.1 Å². The van der Waals surface area contributed by atoms with E-state index in [-0.39, 0.29) is 0 Å². The van der Waals surface area contributed by atoms with Gasteiger partial charge in [0.1, 0.15) is 6.17 Å². The summed E-state index contributed by atoms with van der Waals surface area (Å²) in [5.41, 5.74) is 1.75. The Morgan fingerprint density at radius 2 is 1.05 bits per heavy atom. The van der Waals surface area contributed by atoms with E-state index in [1.165, 1.54) is 0 Å². The standard InChI is InChI=1S/C14H13Cl3N2/c15-14(16,17)13(18-11-7-3-1-4-8-11)19-12-9-5-2-6-10-12/h1-10,13,18-19H. The molecule has 0 aliphatic carbocycles. The molecule has 2 N–H and O–H groups in total. The smallest absolute Gasteiger partial charge is 0.228 e. The fourth-order valence-electron chi connectivity index (χ4n) is 1.60. The molecule has 100 valence electrons. The molecule has 2 aromatic carbocycles. The first kappa shape index (κ1) is 14.3. The largest absolute Gasteiger partial charge is 0.362 e. The average molecular weight is 316 g/mol. The van der Waals surface area contributed by atoms with Crippen LogP contribution in [-0.4, -0.2) is 9.96 Å². The molecule has 0 atom stereocenters. The number of benzene rings is 2. The van der Waals surface area contributed by atoms with Crippen LogP contribution in [0.4, 0.5) is 11.4 Å². The number of para-hydroxylation sites is 2. The van der Waals surface area contributed by atoms with Gasteiger partial charge in [0, 0.05) is 11.4 Å². The van der Waals surface area contributed by atoms with Gasteiger partial charge in [0.25, 0.3) is 0 Å². The maximum Gasteiger partial charge on any atom is 0.228 e. The lowest BCUT2D eigenvalue weighted by Gasteiger charge is -2.28. The summed E-state index contributed by atoms with van der Waals surface area (Å²) < 4.78 is -1.48. The first-order chi connectivity index (χ1) is 9.05. The first-order valence-corrected chi connectivity index (χ1v) is 6.89. The van der Waals surface area contributed by atoms with E-state index in [1.54, 1.807) is 0 Å². The lowest BCUT2D eigenvalue weighted by Crippen LogP contribution is -2.40. The zero-order valence-corrected chi connectivity index (χ0v) is 12.3. The van der Waals surface area contributed by atoms with Crippen molar-refractivity contribution in [3.8, 4) is 0 Å². The second kappa shape index (κ2) is 6.38. The first-order valence-electron chi connectivity index (χ1n) is 5.75. The third-order valence-corrected chi connectivity index (χ3v) is 3.15. The van der Waals surface area contributed by atoms with Crippen molar-refractivity contribution in [2.75, 3.05) is 10.6 Å². The van der Waals surface area contributed by atoms with Crippen LogP contribution >= 0.6 is 34.8 Å². The number of hydrogen-bond donors (Lipinski definition) is 2. The van der Waals surface area contributed by atoms with Crippen LogP contribution in [0.2, 0.25) is 0 Å². The summed E-state index contributed by atoms with van der Waals surface area (Å²) in [6.07, 6.45) is -0.540. The highest BCUT2D eigenvalue weighted by Gasteiger charge is 2.32. The maximum atomic E-state index is 6.00. The van der Waals surface area contributed by atoms with Gasteiger partial charge in [-0.3, -0.25) is 0 Å². The lowest BCUT2D eigenvalue weighted by molar-refractivity contribution is 0.838. The minimum atomic E-state index is -1.48. The van der Waals surface area contributed by atoms with E-state index in [4.69, 9.17) is 34.8 Å². The summed E-state index contributed by atoms with van der Waals surface area (Å²) in [5, 5.41) is 6.32. The quantitative estimate of drug-likeness (QED) is 0.619. The predicted octanol–water partition coefficient (Wildman–Crippen LogP) is 4.91. The molecule has 0 fully saturated rings. The molecule has 0 aliphatic heterocycles. The van der Waals surface area contributed by atoms with Crippen molar-refractivity contribution in [2.45, 2.75) is 9.96 Å². The molecule has 2 nitrogen and oxygen atoms in total. The van der Waals surface area contributed by atoms with Crippen LogP contribution < -0.4 is 10.6 Å². The predicted molar refractivity (Wildman–Crippen MR) is 84.2 cm³/mol. The SMILES string of the molecule is ClC(Cl)(Cl)C(Nc1ccccc1)Nc1ccccc1. The highest BCUT2D eigenvalue weighted by atomic mass is 35.6. The summed E-state index contributed by atoms with van der Waals surface area (Å²) in [6.45, 7) is 0. The Morgan fingerprint density at radius 1 is 0.684 bits per heavy atom. The monoisotopic (exact) mass is 314 g/mol. The Bertz CT molecular complexity index is 456. The van der Waals surface area contributed by atoms with Gasteiger partial charge in [0.15, 0.2) is 0 Å². The molecule has 0 saturated heterocycles. The van der Waals surface area contributed by atoms with Crippen LogP contribution in [0, 0.1) is 0 Å². The minimum absolute atomic E-state index is 0.540. The molecular weight excluding hydrogens is 303 g/mol. The molecule has 2 rings (SSSR count). The van der Waals surface area contributed by atoms with Crippen molar-refractivity contribution >= 4 is 46.2 Å². The Labute approximate surface area is 127 Å². The van der Waals surface area contributed by atoms with Crippen LogP contribution in [0.5, 0.6) is 0 Å². The Balaban J connectivity index is 2.13. The van der Waals surface area contributed by atoms with Gasteiger partial charge in [-0.05, 0) is 24.3 Å². The molecular formula is C14H13Cl3N2. The lowest BCUT2D eigenvalue weighted by atomic mass is 10.3. The second-order valence-corrected chi connectivity index (χ2v) is 6.36. The number of alkyl halides is 3. The van der Waals surface area contributed by atoms with Crippen molar-refractivity contribution in [2.24, 2.45) is 0 Å². The van der Waals surface area contributed by atoms with E-state index < -0.39 is 9.96 Å². The fraction of sp³-hybridized carbons (Fsp3) is 0.143. The van der Waals surface area contributed by atoms with Gasteiger partial charge in [0.05, 0.1) is 0 Å². The third-order valence-electron chi connectivity index (χ3n) is 2.50. The van der Waals surface area contributed by atoms with Crippen molar-refractivity contribution in [3.05, 3.63) is 60.7 Å². The van der Waals surface area contributed by atoms with Gasteiger partial charge in [-0.2, -0.15) is 0 Å². The molecule has 0 bridgehead atoms. The van der Waals surface area contributed by atoms with E-state index in [9.17, 15) is 0 Å². The van der Waals surface area contributed by atoms with Crippen LogP contribution in [0.1, 0.15) is 0 Å². The fourth-order valence-corrected chi connectivity index (χ4v) is 1.93. The minimum Gasteiger partial charge on any atom is -0.362 e. The number of nitrogens with one attached hydrogen (secondary N) is 2. The normalized spacial score (nSPS) is 11.4. The molecule has 0 amide bonds. The van der Waals surface area contributed by atoms with E-state index in [2.05, 4.69) is 10.6 Å². The molecule has 0 spiro atoms. The van der Waals surface area contributed by atoms with Crippen molar-refractivity contribution in [3.63, 3.8) is 0 Å². The highest BCUT2D eigenvalue weighted by Crippen LogP contribution is 2.32. The number of hydrogen-bond acceptors (Lipinski definition) is 2. The summed E-state index contributed by atoms with van der Waals surface area (Å²) in [5.74, 6) is 0. The number of rotatable bonds is 4. The average Bonchev–Trinajstić information content (AvgIpc) is 2.39. The zero-order chi connectivity index (χ0) is 13.7. The van der Waals surface area contributed by atoms with Crippen molar-refractivity contribution in [1.82, 2.24) is 0 Å². The summed E-state index contributed by atoms with van der Waals surface area (Å²) in [7, 11) is 0. The summed E-state index contributed by atoms with van der Waals surface area (Å²) >= 11 is 18.0. The van der Waals surface area contributed by atoms with Gasteiger partial charge in [-0.15, -0.1) is 0 Å². The van der Waals surface area contributed by atoms with Crippen LogP contribution in [0.15, 0.2) is 60.7 Å². The van der Waals surface area contributed by atoms with Crippen LogP contribution in [0.25, 0.3) is 0 Å². The third kappa shape index (κ3) is 4.50. The molecule has 0 aliphatic rings. The summed E-state index contributed by atoms with van der Waals surface area (Å²) in [6, 6.07) is 19.2. The van der Waals surface area contributed by atoms with E-state index in [0.29, 0.717) is 0 Å². The molecule has 0 aromatic heterocycles. The molecule has 0 heterocycles. The van der Waals surface area contributed by atoms with E-state index >= 15 is 0 Å². The van der Waals surface area contributed by atoms with Crippen LogP contribution in [-0.2, 0) is 0 Å². The second-order valence-electron chi connectivity index (χ2n) is 4.00. The van der Waals surface area contributed by atoms with Crippen molar-refractivity contribution < 1.29 is 0 Å². The Morgan fingerprint density at radius 3 is 1.37 bits per heavy atom. The zero-order valence-electron chi connectivity index (χ0n) is 9.98. The maximum absolute atomic E-state index is 6.00. The highest BCUT2D eigenvalue weighted by molar-refractivity contribution is 6.68. The molecule has 0 unspecified atom stereocenters. The van der Waals surface area contributed by atoms with E-state index in [1.807, 2.05) is 60.7 Å².